The van der Waals surface area contributed by atoms with Crippen LogP contribution in [0.5, 0.6) is 0 Å². The van der Waals surface area contributed by atoms with E-state index in [1.165, 1.54) is 12.1 Å². The molecule has 1 heterocycles. The summed E-state index contributed by atoms with van der Waals surface area (Å²) in [5, 5.41) is 25.3. The number of hydrogen-bond acceptors (Lipinski definition) is 6. The Labute approximate surface area is 104 Å². The number of aromatic amines is 1. The van der Waals surface area contributed by atoms with E-state index in [-0.39, 0.29) is 22.2 Å². The molecule has 0 aliphatic carbocycles. The molecule has 92 valence electrons. The first-order chi connectivity index (χ1) is 8.58. The van der Waals surface area contributed by atoms with E-state index in [0.29, 0.717) is 0 Å². The zero-order chi connectivity index (χ0) is 13.1. The number of nitrogens with one attached hydrogen (secondary N) is 2. The summed E-state index contributed by atoms with van der Waals surface area (Å²) in [6.07, 6.45) is 0. The number of hydrogen-bond donors (Lipinski definition) is 2. The van der Waals surface area contributed by atoms with Crippen molar-refractivity contribution in [2.75, 3.05) is 5.32 Å². The molecule has 1 amide bonds. The number of benzene rings is 1. The fourth-order valence-corrected chi connectivity index (χ4v) is 1.45. The monoisotopic (exact) mass is 268 g/mol. The van der Waals surface area contributed by atoms with Crippen molar-refractivity contribution >= 4 is 29.1 Å². The fourth-order valence-electron chi connectivity index (χ4n) is 1.19. The summed E-state index contributed by atoms with van der Waals surface area (Å²) < 4.78 is 0. The molecule has 0 bridgehead atoms. The van der Waals surface area contributed by atoms with Gasteiger partial charge in [0.05, 0.1) is 15.5 Å². The molecule has 1 aromatic heterocycles. The van der Waals surface area contributed by atoms with Gasteiger partial charge in [0.25, 0.3) is 17.5 Å². The maximum Gasteiger partial charge on any atom is 0.270 e. The third-order valence-corrected chi connectivity index (χ3v) is 2.29. The molecule has 2 N–H and O–H groups in total. The normalized spacial score (nSPS) is 10.1. The second-order valence-corrected chi connectivity index (χ2v) is 3.52. The number of carbonyl (C=O) groups excluding carboxylic acids is 1. The standard InChI is InChI=1S/C8H5ClN6O3/c9-6-3-4(15(17)18)1-2-5(6)7(16)10-8-11-13-14-12-8/h1-3H,(H2,10,11,12,13,14,16). The summed E-state index contributed by atoms with van der Waals surface area (Å²) in [6, 6.07) is 3.51. The predicted molar refractivity (Wildman–Crippen MR) is 60.2 cm³/mol. The second-order valence-electron chi connectivity index (χ2n) is 3.11. The molecule has 9 nitrogen and oxygen atoms in total. The highest BCUT2D eigenvalue weighted by Crippen LogP contribution is 2.22. The Morgan fingerprint density at radius 3 is 2.83 bits per heavy atom. The van der Waals surface area contributed by atoms with Gasteiger partial charge in [0.2, 0.25) is 0 Å². The van der Waals surface area contributed by atoms with Crippen LogP contribution in [0.3, 0.4) is 0 Å². The highest BCUT2D eigenvalue weighted by atomic mass is 35.5. The second kappa shape index (κ2) is 4.75. The highest BCUT2D eigenvalue weighted by molar-refractivity contribution is 6.34. The Bertz CT molecular complexity index is 599. The zero-order valence-electron chi connectivity index (χ0n) is 8.62. The quantitative estimate of drug-likeness (QED) is 0.632. The van der Waals surface area contributed by atoms with Gasteiger partial charge in [-0.2, -0.15) is 5.21 Å². The Kier molecular flexibility index (Phi) is 3.15. The third kappa shape index (κ3) is 2.40. The number of nitrogens with zero attached hydrogens (tertiary/aromatic N) is 4. The summed E-state index contributed by atoms with van der Waals surface area (Å²) in [5.74, 6) is -0.606. The average Bonchev–Trinajstić information content (AvgIpc) is 2.81. The molecule has 0 unspecified atom stereocenters. The molecule has 2 aromatic rings. The molecule has 0 spiro atoms. The number of nitro groups is 1. The number of amides is 1. The van der Waals surface area contributed by atoms with E-state index in [0.717, 1.165) is 6.07 Å². The molecule has 2 rings (SSSR count). The molecule has 0 fully saturated rings. The van der Waals surface area contributed by atoms with Crippen LogP contribution in [-0.2, 0) is 0 Å². The van der Waals surface area contributed by atoms with Crippen molar-refractivity contribution in [3.05, 3.63) is 38.9 Å². The zero-order valence-corrected chi connectivity index (χ0v) is 9.38. The Balaban J connectivity index is 2.23. The minimum absolute atomic E-state index is 0.0191. The molecule has 0 atom stereocenters. The van der Waals surface area contributed by atoms with Gasteiger partial charge in [-0.25, -0.2) is 0 Å². The number of carbonyl (C=O) groups is 1. The van der Waals surface area contributed by atoms with Crippen LogP contribution in [-0.4, -0.2) is 31.5 Å². The third-order valence-electron chi connectivity index (χ3n) is 1.98. The number of non-ortho nitro benzene ring substituents is 1. The molecule has 0 saturated heterocycles. The number of rotatable bonds is 3. The summed E-state index contributed by atoms with van der Waals surface area (Å²) in [5.41, 5.74) is -0.122. The topological polar surface area (TPSA) is 127 Å². The van der Waals surface area contributed by atoms with Gasteiger partial charge in [-0.1, -0.05) is 16.7 Å². The van der Waals surface area contributed by atoms with E-state index >= 15 is 0 Å². The van der Waals surface area contributed by atoms with Crippen molar-refractivity contribution in [3.63, 3.8) is 0 Å². The molecule has 18 heavy (non-hydrogen) atoms. The van der Waals surface area contributed by atoms with Crippen molar-refractivity contribution in [3.8, 4) is 0 Å². The van der Waals surface area contributed by atoms with Crippen LogP contribution in [0.25, 0.3) is 0 Å². The minimum atomic E-state index is -0.604. The van der Waals surface area contributed by atoms with Crippen LogP contribution < -0.4 is 5.32 Å². The van der Waals surface area contributed by atoms with Crippen LogP contribution in [0.4, 0.5) is 11.6 Å². The molecule has 1 aromatic carbocycles. The number of nitro benzene ring substituents is 1. The summed E-state index contributed by atoms with van der Waals surface area (Å²) in [6.45, 7) is 0. The number of anilines is 1. The van der Waals surface area contributed by atoms with Gasteiger partial charge in [-0.15, -0.1) is 5.10 Å². The summed E-state index contributed by atoms with van der Waals surface area (Å²) >= 11 is 5.78. The fraction of sp³-hybridized carbons (Fsp3) is 0. The van der Waals surface area contributed by atoms with Crippen molar-refractivity contribution in [2.45, 2.75) is 0 Å². The van der Waals surface area contributed by atoms with Crippen molar-refractivity contribution < 1.29 is 9.72 Å². The first-order valence-corrected chi connectivity index (χ1v) is 4.94. The number of H-pyrrole nitrogens is 1. The number of halogens is 1. The predicted octanol–water partition coefficient (Wildman–Crippen LogP) is 1.01. The maximum atomic E-state index is 11.7. The first-order valence-electron chi connectivity index (χ1n) is 4.56. The smallest absolute Gasteiger partial charge is 0.270 e. The molecular formula is C8H5ClN6O3. The van der Waals surface area contributed by atoms with Gasteiger partial charge in [-0.3, -0.25) is 20.2 Å². The van der Waals surface area contributed by atoms with Gasteiger partial charge in [0, 0.05) is 12.1 Å². The molecule has 0 aliphatic rings. The first kappa shape index (κ1) is 11.9. The molecule has 0 radical (unpaired) electrons. The summed E-state index contributed by atoms with van der Waals surface area (Å²) in [7, 11) is 0. The summed E-state index contributed by atoms with van der Waals surface area (Å²) in [4.78, 5) is 21.6. The minimum Gasteiger partial charge on any atom is -0.288 e. The molecule has 10 heteroatoms. The lowest BCUT2D eigenvalue weighted by Gasteiger charge is -2.02. The van der Waals surface area contributed by atoms with E-state index in [9.17, 15) is 14.9 Å². The lowest BCUT2D eigenvalue weighted by Crippen LogP contribution is -2.13. The number of aromatic nitrogens is 4. The Morgan fingerprint density at radius 1 is 1.50 bits per heavy atom. The van der Waals surface area contributed by atoms with Gasteiger partial charge in [0.1, 0.15) is 0 Å². The van der Waals surface area contributed by atoms with Gasteiger partial charge < -0.3 is 0 Å². The molecular weight excluding hydrogens is 264 g/mol. The van der Waals surface area contributed by atoms with Gasteiger partial charge in [-0.05, 0) is 11.3 Å². The van der Waals surface area contributed by atoms with Crippen LogP contribution >= 0.6 is 11.6 Å². The van der Waals surface area contributed by atoms with Gasteiger partial charge in [0.15, 0.2) is 0 Å². The highest BCUT2D eigenvalue weighted by Gasteiger charge is 2.16. The van der Waals surface area contributed by atoms with Gasteiger partial charge >= 0.3 is 0 Å². The van der Waals surface area contributed by atoms with E-state index in [1.54, 1.807) is 0 Å². The molecule has 0 saturated carbocycles. The SMILES string of the molecule is O=C(Nc1nn[nH]n1)c1ccc([N+](=O)[O-])cc1Cl. The average molecular weight is 269 g/mol. The lowest BCUT2D eigenvalue weighted by atomic mass is 10.2. The van der Waals surface area contributed by atoms with E-state index in [2.05, 4.69) is 25.9 Å². The van der Waals surface area contributed by atoms with E-state index in [4.69, 9.17) is 11.6 Å². The van der Waals surface area contributed by atoms with E-state index in [1.807, 2.05) is 0 Å². The van der Waals surface area contributed by atoms with E-state index < -0.39 is 10.8 Å². The largest absolute Gasteiger partial charge is 0.288 e. The Morgan fingerprint density at radius 2 is 2.28 bits per heavy atom. The lowest BCUT2D eigenvalue weighted by molar-refractivity contribution is -0.384. The maximum absolute atomic E-state index is 11.7. The van der Waals surface area contributed by atoms with Crippen LogP contribution in [0.2, 0.25) is 5.02 Å². The van der Waals surface area contributed by atoms with Crippen molar-refractivity contribution in [1.82, 2.24) is 20.6 Å². The number of tetrazole rings is 1. The van der Waals surface area contributed by atoms with Crippen molar-refractivity contribution in [2.24, 2.45) is 0 Å². The van der Waals surface area contributed by atoms with Crippen LogP contribution in [0.15, 0.2) is 18.2 Å². The molecule has 0 aliphatic heterocycles. The Hall–Kier alpha value is -2.55. The van der Waals surface area contributed by atoms with Crippen LogP contribution in [0.1, 0.15) is 10.4 Å². The van der Waals surface area contributed by atoms with Crippen LogP contribution in [0, 0.1) is 10.1 Å². The van der Waals surface area contributed by atoms with Crippen molar-refractivity contribution in [1.29, 1.82) is 0 Å².